The number of rotatable bonds is 3. The smallest absolute Gasteiger partial charge is 0.231 e. The zero-order valence-electron chi connectivity index (χ0n) is 7.46. The van der Waals surface area contributed by atoms with Crippen LogP contribution in [-0.2, 0) is 6.54 Å². The Kier molecular flexibility index (Phi) is 2.33. The lowest BCUT2D eigenvalue weighted by Gasteiger charge is -2.03. The summed E-state index contributed by atoms with van der Waals surface area (Å²) in [6.45, 7) is 1.10. The fourth-order valence-corrected chi connectivity index (χ4v) is 1.24. The van der Waals surface area contributed by atoms with Crippen LogP contribution in [0.4, 0.5) is 0 Å². The van der Waals surface area contributed by atoms with Gasteiger partial charge in [0.2, 0.25) is 6.79 Å². The van der Waals surface area contributed by atoms with Crippen molar-refractivity contribution in [3.8, 4) is 11.5 Å². The van der Waals surface area contributed by atoms with Gasteiger partial charge in [0.15, 0.2) is 11.5 Å². The second-order valence-corrected chi connectivity index (χ2v) is 2.79. The third kappa shape index (κ3) is 1.74. The SMILES string of the molecule is CNNCc1ccc2c(c1)OCO2. The van der Waals surface area contributed by atoms with Crippen molar-refractivity contribution in [3.63, 3.8) is 0 Å². The lowest BCUT2D eigenvalue weighted by atomic mass is 10.2. The summed E-state index contributed by atoms with van der Waals surface area (Å²) in [6, 6.07) is 5.92. The molecule has 0 bridgehead atoms. The van der Waals surface area contributed by atoms with E-state index in [0.29, 0.717) is 6.79 Å². The van der Waals surface area contributed by atoms with Crippen molar-refractivity contribution in [1.82, 2.24) is 10.9 Å². The molecule has 0 fully saturated rings. The number of ether oxygens (including phenoxy) is 2. The Morgan fingerprint density at radius 3 is 3.00 bits per heavy atom. The summed E-state index contributed by atoms with van der Waals surface area (Å²) in [5, 5.41) is 0. The monoisotopic (exact) mass is 180 g/mol. The molecular weight excluding hydrogens is 168 g/mol. The van der Waals surface area contributed by atoms with Crippen molar-refractivity contribution in [2.45, 2.75) is 6.54 Å². The van der Waals surface area contributed by atoms with Crippen LogP contribution in [0.3, 0.4) is 0 Å². The van der Waals surface area contributed by atoms with Gasteiger partial charge in [-0.05, 0) is 24.7 Å². The van der Waals surface area contributed by atoms with Crippen molar-refractivity contribution >= 4 is 0 Å². The first-order valence-corrected chi connectivity index (χ1v) is 4.18. The number of nitrogens with one attached hydrogen (secondary N) is 2. The summed E-state index contributed by atoms with van der Waals surface area (Å²) in [5.74, 6) is 1.66. The van der Waals surface area contributed by atoms with Gasteiger partial charge in [-0.1, -0.05) is 6.07 Å². The molecule has 1 aromatic carbocycles. The van der Waals surface area contributed by atoms with E-state index in [2.05, 4.69) is 10.9 Å². The molecule has 70 valence electrons. The Morgan fingerprint density at radius 1 is 1.31 bits per heavy atom. The van der Waals surface area contributed by atoms with Gasteiger partial charge in [-0.15, -0.1) is 0 Å². The molecular formula is C9H12N2O2. The molecule has 1 aromatic rings. The van der Waals surface area contributed by atoms with Gasteiger partial charge in [-0.2, -0.15) is 0 Å². The molecule has 1 aliphatic heterocycles. The maximum absolute atomic E-state index is 5.25. The lowest BCUT2D eigenvalue weighted by Crippen LogP contribution is -2.26. The van der Waals surface area contributed by atoms with Crippen molar-refractivity contribution in [3.05, 3.63) is 23.8 Å². The zero-order valence-corrected chi connectivity index (χ0v) is 7.46. The van der Waals surface area contributed by atoms with E-state index in [0.717, 1.165) is 18.0 Å². The van der Waals surface area contributed by atoms with Gasteiger partial charge >= 0.3 is 0 Å². The predicted octanol–water partition coefficient (Wildman–Crippen LogP) is 0.639. The van der Waals surface area contributed by atoms with E-state index < -0.39 is 0 Å². The van der Waals surface area contributed by atoms with E-state index in [1.165, 1.54) is 5.56 Å². The van der Waals surface area contributed by atoms with Crippen LogP contribution in [0.15, 0.2) is 18.2 Å². The van der Waals surface area contributed by atoms with Gasteiger partial charge in [-0.25, -0.2) is 0 Å². The van der Waals surface area contributed by atoms with E-state index in [9.17, 15) is 0 Å². The van der Waals surface area contributed by atoms with Gasteiger partial charge in [0.25, 0.3) is 0 Å². The average Bonchev–Trinajstić information content (AvgIpc) is 2.61. The molecule has 0 unspecified atom stereocenters. The average molecular weight is 180 g/mol. The third-order valence-electron chi connectivity index (χ3n) is 1.91. The zero-order chi connectivity index (χ0) is 9.10. The molecule has 0 aromatic heterocycles. The first kappa shape index (κ1) is 8.34. The summed E-state index contributed by atoms with van der Waals surface area (Å²) < 4.78 is 10.4. The number of hydrogen-bond acceptors (Lipinski definition) is 4. The highest BCUT2D eigenvalue weighted by molar-refractivity contribution is 5.44. The van der Waals surface area contributed by atoms with Gasteiger partial charge in [0.05, 0.1) is 0 Å². The molecule has 0 saturated heterocycles. The molecule has 0 spiro atoms. The quantitative estimate of drug-likeness (QED) is 0.670. The summed E-state index contributed by atoms with van der Waals surface area (Å²) in [6.07, 6.45) is 0. The summed E-state index contributed by atoms with van der Waals surface area (Å²) in [5.41, 5.74) is 7.04. The highest BCUT2D eigenvalue weighted by Gasteiger charge is 2.12. The Morgan fingerprint density at radius 2 is 2.15 bits per heavy atom. The molecule has 0 radical (unpaired) electrons. The fourth-order valence-electron chi connectivity index (χ4n) is 1.24. The van der Waals surface area contributed by atoms with E-state index >= 15 is 0 Å². The van der Waals surface area contributed by atoms with Crippen LogP contribution < -0.4 is 20.3 Å². The maximum Gasteiger partial charge on any atom is 0.231 e. The first-order chi connectivity index (χ1) is 6.40. The van der Waals surface area contributed by atoms with Gasteiger partial charge in [0.1, 0.15) is 0 Å². The van der Waals surface area contributed by atoms with E-state index in [1.54, 1.807) is 0 Å². The molecule has 13 heavy (non-hydrogen) atoms. The van der Waals surface area contributed by atoms with Gasteiger partial charge in [-0.3, -0.25) is 10.9 Å². The predicted molar refractivity (Wildman–Crippen MR) is 48.5 cm³/mol. The van der Waals surface area contributed by atoms with Crippen LogP contribution in [0.2, 0.25) is 0 Å². The Hall–Kier alpha value is -1.26. The number of fused-ring (bicyclic) bond motifs is 1. The second kappa shape index (κ2) is 3.64. The van der Waals surface area contributed by atoms with Crippen molar-refractivity contribution in [2.75, 3.05) is 13.8 Å². The normalized spacial score (nSPS) is 13.3. The van der Waals surface area contributed by atoms with E-state index in [1.807, 2.05) is 25.2 Å². The van der Waals surface area contributed by atoms with Crippen LogP contribution in [-0.4, -0.2) is 13.8 Å². The number of hydrazine groups is 1. The molecule has 0 saturated carbocycles. The highest BCUT2D eigenvalue weighted by atomic mass is 16.7. The summed E-state index contributed by atoms with van der Waals surface area (Å²) >= 11 is 0. The largest absolute Gasteiger partial charge is 0.454 e. The van der Waals surface area contributed by atoms with Gasteiger partial charge in [0, 0.05) is 6.54 Å². The van der Waals surface area contributed by atoms with Crippen LogP contribution in [0.5, 0.6) is 11.5 Å². The minimum Gasteiger partial charge on any atom is -0.454 e. The minimum atomic E-state index is 0.332. The molecule has 2 N–H and O–H groups in total. The Bertz CT molecular complexity index is 302. The molecule has 2 rings (SSSR count). The summed E-state index contributed by atoms with van der Waals surface area (Å²) in [7, 11) is 1.84. The molecule has 0 amide bonds. The topological polar surface area (TPSA) is 42.5 Å². The van der Waals surface area contributed by atoms with E-state index in [4.69, 9.17) is 9.47 Å². The van der Waals surface area contributed by atoms with Crippen molar-refractivity contribution in [1.29, 1.82) is 0 Å². The molecule has 4 nitrogen and oxygen atoms in total. The van der Waals surface area contributed by atoms with Crippen LogP contribution in [0.25, 0.3) is 0 Å². The number of benzene rings is 1. The summed E-state index contributed by atoms with van der Waals surface area (Å²) in [4.78, 5) is 0. The second-order valence-electron chi connectivity index (χ2n) is 2.79. The molecule has 4 heteroatoms. The third-order valence-corrected chi connectivity index (χ3v) is 1.91. The molecule has 1 aliphatic rings. The van der Waals surface area contributed by atoms with E-state index in [-0.39, 0.29) is 0 Å². The van der Waals surface area contributed by atoms with Crippen molar-refractivity contribution in [2.24, 2.45) is 0 Å². The van der Waals surface area contributed by atoms with Crippen molar-refractivity contribution < 1.29 is 9.47 Å². The molecule has 0 aliphatic carbocycles. The maximum atomic E-state index is 5.25. The molecule has 1 heterocycles. The molecule has 0 atom stereocenters. The lowest BCUT2D eigenvalue weighted by molar-refractivity contribution is 0.174. The highest BCUT2D eigenvalue weighted by Crippen LogP contribution is 2.32. The van der Waals surface area contributed by atoms with Gasteiger partial charge < -0.3 is 9.47 Å². The Labute approximate surface area is 76.8 Å². The minimum absolute atomic E-state index is 0.332. The number of hydrogen-bond donors (Lipinski definition) is 2. The Balaban J connectivity index is 2.12. The van der Waals surface area contributed by atoms with Crippen LogP contribution in [0.1, 0.15) is 5.56 Å². The first-order valence-electron chi connectivity index (χ1n) is 4.18. The van der Waals surface area contributed by atoms with Crippen LogP contribution >= 0.6 is 0 Å². The fraction of sp³-hybridized carbons (Fsp3) is 0.333. The van der Waals surface area contributed by atoms with Crippen LogP contribution in [0, 0.1) is 0 Å². The standard InChI is InChI=1S/C9H12N2O2/c1-10-11-5-7-2-3-8-9(4-7)13-6-12-8/h2-4,10-11H,5-6H2,1H3.